The van der Waals surface area contributed by atoms with Crippen LogP contribution in [0.5, 0.6) is 0 Å². The third kappa shape index (κ3) is 3.09. The van der Waals surface area contributed by atoms with Gasteiger partial charge in [-0.05, 0) is 18.3 Å². The molecule has 2 rings (SSSR count). The number of morpholine rings is 1. The maximum Gasteiger partial charge on any atom is 0.317 e. The Morgan fingerprint density at radius 2 is 2.24 bits per heavy atom. The average molecular weight is 241 g/mol. The average Bonchev–Trinajstić information content (AvgIpc) is 3.02. The molecule has 1 aliphatic carbocycles. The van der Waals surface area contributed by atoms with Crippen LogP contribution >= 0.6 is 0 Å². The second kappa shape index (κ2) is 4.91. The van der Waals surface area contributed by atoms with E-state index in [0.717, 1.165) is 12.5 Å². The standard InChI is InChI=1S/C11H19N3O3/c1-7-4-8(7)5-13-11(16)14-2-3-17-9(6-14)10(12)15/h7-9H,2-6H2,1H3,(H2,12,15)(H,13,16). The van der Waals surface area contributed by atoms with E-state index in [-0.39, 0.29) is 12.6 Å². The highest BCUT2D eigenvalue weighted by molar-refractivity contribution is 5.81. The maximum atomic E-state index is 11.8. The molecule has 0 spiro atoms. The number of urea groups is 1. The molecule has 3 N–H and O–H groups in total. The van der Waals surface area contributed by atoms with Crippen LogP contribution < -0.4 is 11.1 Å². The third-order valence-electron chi connectivity index (χ3n) is 3.46. The number of nitrogens with one attached hydrogen (secondary N) is 1. The molecular weight excluding hydrogens is 222 g/mol. The van der Waals surface area contributed by atoms with Gasteiger partial charge in [0.05, 0.1) is 13.2 Å². The summed E-state index contributed by atoms with van der Waals surface area (Å²) < 4.78 is 5.18. The molecule has 3 unspecified atom stereocenters. The van der Waals surface area contributed by atoms with E-state index < -0.39 is 12.0 Å². The summed E-state index contributed by atoms with van der Waals surface area (Å²) in [7, 11) is 0. The molecule has 6 nitrogen and oxygen atoms in total. The number of carbonyl (C=O) groups excluding carboxylic acids is 2. The summed E-state index contributed by atoms with van der Waals surface area (Å²) in [5.41, 5.74) is 5.16. The molecule has 3 atom stereocenters. The number of carbonyl (C=O) groups is 2. The molecule has 1 saturated carbocycles. The molecule has 0 aromatic rings. The molecule has 17 heavy (non-hydrogen) atoms. The maximum absolute atomic E-state index is 11.8. The van der Waals surface area contributed by atoms with Crippen LogP contribution in [0.2, 0.25) is 0 Å². The zero-order valence-electron chi connectivity index (χ0n) is 10.0. The van der Waals surface area contributed by atoms with Crippen LogP contribution in [-0.2, 0) is 9.53 Å². The van der Waals surface area contributed by atoms with Gasteiger partial charge >= 0.3 is 6.03 Å². The summed E-state index contributed by atoms with van der Waals surface area (Å²) in [5.74, 6) is 0.823. The Morgan fingerprint density at radius 1 is 1.53 bits per heavy atom. The van der Waals surface area contributed by atoms with E-state index in [1.165, 1.54) is 6.42 Å². The van der Waals surface area contributed by atoms with Crippen molar-refractivity contribution < 1.29 is 14.3 Å². The van der Waals surface area contributed by atoms with Gasteiger partial charge in [-0.15, -0.1) is 0 Å². The van der Waals surface area contributed by atoms with Crippen molar-refractivity contribution in [3.8, 4) is 0 Å². The van der Waals surface area contributed by atoms with Crippen molar-refractivity contribution in [2.24, 2.45) is 17.6 Å². The number of nitrogens with two attached hydrogens (primary N) is 1. The van der Waals surface area contributed by atoms with Crippen LogP contribution in [0.3, 0.4) is 0 Å². The van der Waals surface area contributed by atoms with Crippen molar-refractivity contribution in [2.45, 2.75) is 19.4 Å². The summed E-state index contributed by atoms with van der Waals surface area (Å²) in [6.07, 6.45) is 0.516. The Kier molecular flexibility index (Phi) is 3.51. The fourth-order valence-corrected chi connectivity index (χ4v) is 2.02. The van der Waals surface area contributed by atoms with Crippen molar-refractivity contribution >= 4 is 11.9 Å². The fraction of sp³-hybridized carbons (Fsp3) is 0.818. The molecule has 0 bridgehead atoms. The number of amides is 3. The van der Waals surface area contributed by atoms with Gasteiger partial charge in [0, 0.05) is 13.1 Å². The molecule has 0 aromatic heterocycles. The van der Waals surface area contributed by atoms with Gasteiger partial charge in [-0.1, -0.05) is 6.92 Å². The lowest BCUT2D eigenvalue weighted by Crippen LogP contribution is -2.53. The van der Waals surface area contributed by atoms with Crippen LogP contribution in [0.25, 0.3) is 0 Å². The van der Waals surface area contributed by atoms with Crippen LogP contribution in [0, 0.1) is 11.8 Å². The molecule has 3 amide bonds. The first-order chi connectivity index (χ1) is 8.08. The molecule has 96 valence electrons. The molecule has 1 heterocycles. The number of nitrogens with zero attached hydrogens (tertiary/aromatic N) is 1. The summed E-state index contributed by atoms with van der Waals surface area (Å²) in [4.78, 5) is 24.4. The van der Waals surface area contributed by atoms with Crippen molar-refractivity contribution in [2.75, 3.05) is 26.2 Å². The molecular formula is C11H19N3O3. The Bertz CT molecular complexity index is 321. The predicted octanol–water partition coefficient (Wildman–Crippen LogP) is -0.462. The smallest absolute Gasteiger partial charge is 0.317 e. The quantitative estimate of drug-likeness (QED) is 0.701. The van der Waals surface area contributed by atoms with Crippen molar-refractivity contribution in [1.29, 1.82) is 0 Å². The second-order valence-electron chi connectivity index (χ2n) is 4.87. The summed E-state index contributed by atoms with van der Waals surface area (Å²) in [6, 6.07) is -0.126. The van der Waals surface area contributed by atoms with E-state index in [9.17, 15) is 9.59 Å². The highest BCUT2D eigenvalue weighted by Gasteiger charge is 2.33. The largest absolute Gasteiger partial charge is 0.367 e. The van der Waals surface area contributed by atoms with E-state index in [4.69, 9.17) is 10.5 Å². The van der Waals surface area contributed by atoms with Crippen LogP contribution in [0.15, 0.2) is 0 Å². The van der Waals surface area contributed by atoms with E-state index in [1.54, 1.807) is 4.90 Å². The lowest BCUT2D eigenvalue weighted by molar-refractivity contribution is -0.133. The first kappa shape index (κ1) is 12.2. The molecule has 6 heteroatoms. The van der Waals surface area contributed by atoms with Crippen molar-refractivity contribution in [1.82, 2.24) is 10.2 Å². The Morgan fingerprint density at radius 3 is 2.82 bits per heavy atom. The first-order valence-electron chi connectivity index (χ1n) is 6.01. The number of hydrogen-bond acceptors (Lipinski definition) is 3. The van der Waals surface area contributed by atoms with E-state index in [2.05, 4.69) is 12.2 Å². The van der Waals surface area contributed by atoms with Gasteiger partial charge in [0.1, 0.15) is 0 Å². The lowest BCUT2D eigenvalue weighted by Gasteiger charge is -2.31. The van der Waals surface area contributed by atoms with E-state index in [0.29, 0.717) is 19.1 Å². The summed E-state index contributed by atoms with van der Waals surface area (Å²) in [6.45, 7) is 4.02. The van der Waals surface area contributed by atoms with Gasteiger partial charge in [0.15, 0.2) is 6.10 Å². The van der Waals surface area contributed by atoms with Crippen molar-refractivity contribution in [3.63, 3.8) is 0 Å². The number of ether oxygens (including phenoxy) is 1. The molecule has 1 saturated heterocycles. The summed E-state index contributed by atoms with van der Waals surface area (Å²) in [5, 5.41) is 2.88. The molecule has 0 radical (unpaired) electrons. The zero-order chi connectivity index (χ0) is 12.4. The lowest BCUT2D eigenvalue weighted by atomic mass is 10.2. The monoisotopic (exact) mass is 241 g/mol. The second-order valence-corrected chi connectivity index (χ2v) is 4.87. The normalized spacial score (nSPS) is 32.1. The zero-order valence-corrected chi connectivity index (χ0v) is 10.0. The van der Waals surface area contributed by atoms with Gasteiger partial charge < -0.3 is 20.7 Å². The minimum Gasteiger partial charge on any atom is -0.367 e. The number of primary amides is 1. The number of hydrogen-bond donors (Lipinski definition) is 2. The molecule has 2 aliphatic rings. The minimum atomic E-state index is -0.672. The van der Waals surface area contributed by atoms with Gasteiger partial charge in [-0.2, -0.15) is 0 Å². The Balaban J connectivity index is 1.76. The third-order valence-corrected chi connectivity index (χ3v) is 3.46. The SMILES string of the molecule is CC1CC1CNC(=O)N1CCOC(C(N)=O)C1. The van der Waals surface area contributed by atoms with E-state index >= 15 is 0 Å². The highest BCUT2D eigenvalue weighted by atomic mass is 16.5. The minimum absolute atomic E-state index is 0.126. The van der Waals surface area contributed by atoms with Crippen LogP contribution in [-0.4, -0.2) is 49.2 Å². The topological polar surface area (TPSA) is 84.7 Å². The van der Waals surface area contributed by atoms with Crippen LogP contribution in [0.1, 0.15) is 13.3 Å². The van der Waals surface area contributed by atoms with Crippen molar-refractivity contribution in [3.05, 3.63) is 0 Å². The Hall–Kier alpha value is -1.30. The predicted molar refractivity (Wildman–Crippen MR) is 61.2 cm³/mol. The van der Waals surface area contributed by atoms with Gasteiger partial charge in [-0.25, -0.2) is 4.79 Å². The fourth-order valence-electron chi connectivity index (χ4n) is 2.02. The molecule has 2 fully saturated rings. The summed E-state index contributed by atoms with van der Waals surface area (Å²) >= 11 is 0. The van der Waals surface area contributed by atoms with Gasteiger partial charge in [0.25, 0.3) is 0 Å². The first-order valence-corrected chi connectivity index (χ1v) is 6.01. The van der Waals surface area contributed by atoms with Gasteiger partial charge in [0.2, 0.25) is 5.91 Å². The van der Waals surface area contributed by atoms with Gasteiger partial charge in [-0.3, -0.25) is 4.79 Å². The molecule has 0 aromatic carbocycles. The van der Waals surface area contributed by atoms with E-state index in [1.807, 2.05) is 0 Å². The van der Waals surface area contributed by atoms with Crippen LogP contribution in [0.4, 0.5) is 4.79 Å². The molecule has 1 aliphatic heterocycles. The Labute approximate surface area is 100 Å². The number of rotatable bonds is 3. The highest BCUT2D eigenvalue weighted by Crippen LogP contribution is 2.36.